The Labute approximate surface area is 148 Å². The van der Waals surface area contributed by atoms with Crippen molar-refractivity contribution in [1.29, 1.82) is 0 Å². The number of carbonyl (C=O) groups is 1. The summed E-state index contributed by atoms with van der Waals surface area (Å²) in [4.78, 5) is 16.4. The number of benzene rings is 1. The highest BCUT2D eigenvalue weighted by molar-refractivity contribution is 5.76. The van der Waals surface area contributed by atoms with Crippen molar-refractivity contribution in [1.82, 2.24) is 19.9 Å². The molecule has 0 saturated heterocycles. The molecule has 0 aliphatic carbocycles. The maximum atomic E-state index is 12.0. The molecule has 1 aromatic carbocycles. The molecule has 5 heteroatoms. The van der Waals surface area contributed by atoms with Crippen molar-refractivity contribution in [2.45, 2.75) is 39.5 Å². The van der Waals surface area contributed by atoms with Crippen LogP contribution in [0.1, 0.15) is 35.2 Å². The van der Waals surface area contributed by atoms with Crippen LogP contribution < -0.4 is 5.32 Å². The minimum atomic E-state index is 0.111. The molecule has 0 radical (unpaired) electrons. The Morgan fingerprint density at radius 3 is 2.88 bits per heavy atom. The van der Waals surface area contributed by atoms with Crippen LogP contribution in [0.3, 0.4) is 0 Å². The predicted octanol–water partition coefficient (Wildman–Crippen LogP) is 3.03. The summed E-state index contributed by atoms with van der Waals surface area (Å²) in [5.74, 6) is 0.111. The number of nitrogens with one attached hydrogen (secondary N) is 1. The van der Waals surface area contributed by atoms with Gasteiger partial charge in [0.1, 0.15) is 0 Å². The summed E-state index contributed by atoms with van der Waals surface area (Å²) in [5, 5.41) is 7.38. The van der Waals surface area contributed by atoms with E-state index >= 15 is 0 Å². The smallest absolute Gasteiger partial charge is 0.220 e. The van der Waals surface area contributed by atoms with Crippen LogP contribution in [0.2, 0.25) is 0 Å². The zero-order valence-corrected chi connectivity index (χ0v) is 14.8. The van der Waals surface area contributed by atoms with Crippen molar-refractivity contribution in [2.24, 2.45) is 0 Å². The van der Waals surface area contributed by atoms with E-state index in [0.717, 1.165) is 36.2 Å². The number of amides is 1. The fourth-order valence-electron chi connectivity index (χ4n) is 2.91. The summed E-state index contributed by atoms with van der Waals surface area (Å²) < 4.78 is 1.81. The fraction of sp³-hybridized carbons (Fsp3) is 0.350. The van der Waals surface area contributed by atoms with E-state index in [1.54, 1.807) is 0 Å². The van der Waals surface area contributed by atoms with E-state index < -0.39 is 0 Å². The molecule has 2 aromatic heterocycles. The van der Waals surface area contributed by atoms with Gasteiger partial charge in [-0.05, 0) is 49.8 Å². The Morgan fingerprint density at radius 1 is 1.20 bits per heavy atom. The lowest BCUT2D eigenvalue weighted by molar-refractivity contribution is -0.121. The van der Waals surface area contributed by atoms with Gasteiger partial charge in [-0.3, -0.25) is 4.79 Å². The first-order valence-corrected chi connectivity index (χ1v) is 8.74. The summed E-state index contributed by atoms with van der Waals surface area (Å²) in [6.07, 6.45) is 6.98. The average Bonchev–Trinajstić information content (AvgIpc) is 2.97. The molecular formula is C20H24N4O. The Hall–Kier alpha value is -2.69. The molecule has 0 unspecified atom stereocenters. The van der Waals surface area contributed by atoms with Crippen LogP contribution in [0.15, 0.2) is 42.7 Å². The van der Waals surface area contributed by atoms with Gasteiger partial charge in [0.2, 0.25) is 5.91 Å². The Balaban J connectivity index is 1.40. The SMILES string of the molecule is Cc1cc2ncc(CCCNC(=O)CCc3ccccc3C)cn2n1. The predicted molar refractivity (Wildman–Crippen MR) is 98.6 cm³/mol. The van der Waals surface area contributed by atoms with Gasteiger partial charge in [-0.15, -0.1) is 0 Å². The lowest BCUT2D eigenvalue weighted by Gasteiger charge is -2.07. The Morgan fingerprint density at radius 2 is 2.04 bits per heavy atom. The zero-order chi connectivity index (χ0) is 17.6. The largest absolute Gasteiger partial charge is 0.356 e. The van der Waals surface area contributed by atoms with Crippen LogP contribution in [-0.2, 0) is 17.6 Å². The highest BCUT2D eigenvalue weighted by Crippen LogP contribution is 2.09. The third kappa shape index (κ3) is 4.66. The standard InChI is InChI=1S/C20H24N4O/c1-15-6-3-4-8-18(15)9-10-20(25)21-11-5-7-17-13-22-19-12-16(2)23-24(19)14-17/h3-4,6,8,12-14H,5,7,9-11H2,1-2H3,(H,21,25). The van der Waals surface area contributed by atoms with Gasteiger partial charge < -0.3 is 5.32 Å². The quantitative estimate of drug-likeness (QED) is 0.675. The van der Waals surface area contributed by atoms with Crippen molar-refractivity contribution in [3.8, 4) is 0 Å². The molecule has 0 aliphatic rings. The van der Waals surface area contributed by atoms with E-state index in [-0.39, 0.29) is 5.91 Å². The molecule has 0 atom stereocenters. The topological polar surface area (TPSA) is 59.3 Å². The van der Waals surface area contributed by atoms with Gasteiger partial charge in [0, 0.05) is 31.4 Å². The van der Waals surface area contributed by atoms with Crippen LogP contribution in [-0.4, -0.2) is 27.0 Å². The fourth-order valence-corrected chi connectivity index (χ4v) is 2.91. The molecule has 0 saturated carbocycles. The molecule has 0 fully saturated rings. The molecule has 3 aromatic rings. The maximum absolute atomic E-state index is 12.0. The van der Waals surface area contributed by atoms with Crippen molar-refractivity contribution >= 4 is 11.6 Å². The van der Waals surface area contributed by atoms with Gasteiger partial charge >= 0.3 is 0 Å². The lowest BCUT2D eigenvalue weighted by atomic mass is 10.0. The van der Waals surface area contributed by atoms with E-state index in [9.17, 15) is 4.79 Å². The van der Waals surface area contributed by atoms with Crippen LogP contribution >= 0.6 is 0 Å². The number of rotatable bonds is 7. The van der Waals surface area contributed by atoms with E-state index in [1.807, 2.05) is 42.0 Å². The summed E-state index contributed by atoms with van der Waals surface area (Å²) >= 11 is 0. The van der Waals surface area contributed by atoms with Gasteiger partial charge in [0.05, 0.1) is 5.69 Å². The molecule has 1 N–H and O–H groups in total. The van der Waals surface area contributed by atoms with Gasteiger partial charge in [0.15, 0.2) is 5.65 Å². The monoisotopic (exact) mass is 336 g/mol. The minimum absolute atomic E-state index is 0.111. The highest BCUT2D eigenvalue weighted by atomic mass is 16.1. The van der Waals surface area contributed by atoms with Crippen LogP contribution in [0, 0.1) is 13.8 Å². The first-order valence-electron chi connectivity index (χ1n) is 8.74. The second-order valence-electron chi connectivity index (χ2n) is 6.43. The van der Waals surface area contributed by atoms with Crippen molar-refractivity contribution in [2.75, 3.05) is 6.54 Å². The molecular weight excluding hydrogens is 312 g/mol. The van der Waals surface area contributed by atoms with Crippen LogP contribution in [0.5, 0.6) is 0 Å². The molecule has 25 heavy (non-hydrogen) atoms. The third-order valence-corrected chi connectivity index (χ3v) is 4.34. The molecule has 2 heterocycles. The molecule has 0 bridgehead atoms. The summed E-state index contributed by atoms with van der Waals surface area (Å²) in [6.45, 7) is 4.72. The second kappa shape index (κ2) is 7.92. The highest BCUT2D eigenvalue weighted by Gasteiger charge is 2.04. The number of fused-ring (bicyclic) bond motifs is 1. The van der Waals surface area contributed by atoms with E-state index in [1.165, 1.54) is 11.1 Å². The number of hydrogen-bond donors (Lipinski definition) is 1. The maximum Gasteiger partial charge on any atom is 0.220 e. The van der Waals surface area contributed by atoms with Gasteiger partial charge in [-0.2, -0.15) is 5.10 Å². The van der Waals surface area contributed by atoms with Crippen molar-refractivity contribution in [3.63, 3.8) is 0 Å². The van der Waals surface area contributed by atoms with Gasteiger partial charge in [-0.1, -0.05) is 24.3 Å². The average molecular weight is 336 g/mol. The molecule has 130 valence electrons. The van der Waals surface area contributed by atoms with Crippen molar-refractivity contribution in [3.05, 3.63) is 65.1 Å². The Kier molecular flexibility index (Phi) is 5.43. The zero-order valence-electron chi connectivity index (χ0n) is 14.8. The minimum Gasteiger partial charge on any atom is -0.356 e. The van der Waals surface area contributed by atoms with E-state index in [4.69, 9.17) is 0 Å². The molecule has 5 nitrogen and oxygen atoms in total. The van der Waals surface area contributed by atoms with E-state index in [2.05, 4.69) is 34.5 Å². The lowest BCUT2D eigenvalue weighted by Crippen LogP contribution is -2.25. The van der Waals surface area contributed by atoms with Crippen LogP contribution in [0.25, 0.3) is 5.65 Å². The van der Waals surface area contributed by atoms with E-state index in [0.29, 0.717) is 13.0 Å². The molecule has 1 amide bonds. The van der Waals surface area contributed by atoms with Crippen LogP contribution in [0.4, 0.5) is 0 Å². The van der Waals surface area contributed by atoms with Gasteiger partial charge in [0.25, 0.3) is 0 Å². The summed E-state index contributed by atoms with van der Waals surface area (Å²) in [5.41, 5.74) is 5.44. The number of nitrogens with zero attached hydrogens (tertiary/aromatic N) is 3. The first-order chi connectivity index (χ1) is 12.1. The molecule has 0 aliphatic heterocycles. The molecule has 0 spiro atoms. The second-order valence-corrected chi connectivity index (χ2v) is 6.43. The van der Waals surface area contributed by atoms with Gasteiger partial charge in [-0.25, -0.2) is 9.50 Å². The number of hydrogen-bond acceptors (Lipinski definition) is 3. The summed E-state index contributed by atoms with van der Waals surface area (Å²) in [6, 6.07) is 10.2. The third-order valence-electron chi connectivity index (χ3n) is 4.34. The van der Waals surface area contributed by atoms with Crippen molar-refractivity contribution < 1.29 is 4.79 Å². The number of aryl methyl sites for hydroxylation is 4. The summed E-state index contributed by atoms with van der Waals surface area (Å²) in [7, 11) is 0. The number of carbonyl (C=O) groups excluding carboxylic acids is 1. The Bertz CT molecular complexity index is 869. The normalized spacial score (nSPS) is 11.0. The molecule has 3 rings (SSSR count). The number of aromatic nitrogens is 3. The first kappa shape index (κ1) is 17.1.